The molecule has 5 aromatic rings. The molecule has 4 heterocycles. The fraction of sp³-hybridized carbons (Fsp3) is 0.206. The van der Waals surface area contributed by atoms with Crippen molar-refractivity contribution in [3.63, 3.8) is 0 Å². The zero-order valence-electron chi connectivity index (χ0n) is 24.3. The minimum atomic E-state index is -0.304. The minimum absolute atomic E-state index is 0.167. The van der Waals surface area contributed by atoms with Crippen LogP contribution in [0.5, 0.6) is 11.5 Å². The van der Waals surface area contributed by atoms with Gasteiger partial charge in [-0.15, -0.1) is 11.8 Å². The van der Waals surface area contributed by atoms with Crippen molar-refractivity contribution in [2.75, 3.05) is 24.0 Å². The molecule has 44 heavy (non-hydrogen) atoms. The lowest BCUT2D eigenvalue weighted by Gasteiger charge is -2.24. The smallest absolute Gasteiger partial charge is 0.240 e. The van der Waals surface area contributed by atoms with E-state index in [1.54, 1.807) is 23.3 Å². The number of hydrogen-bond acceptors (Lipinski definition) is 7. The first-order chi connectivity index (χ1) is 21.5. The highest BCUT2D eigenvalue weighted by molar-refractivity contribution is 8.00. The van der Waals surface area contributed by atoms with E-state index in [2.05, 4.69) is 11.4 Å². The molecule has 0 fully saturated rings. The molecular formula is C34H30N4O5S. The number of ether oxygens (including phenoxy) is 2. The molecule has 1 atom stereocenters. The van der Waals surface area contributed by atoms with Crippen molar-refractivity contribution >= 4 is 29.4 Å². The summed E-state index contributed by atoms with van der Waals surface area (Å²) in [5.74, 6) is 2.23. The van der Waals surface area contributed by atoms with Crippen molar-refractivity contribution in [2.45, 2.75) is 25.6 Å². The number of fused-ring (bicyclic) bond motifs is 2. The summed E-state index contributed by atoms with van der Waals surface area (Å²) in [5.41, 5.74) is 6.41. The van der Waals surface area contributed by atoms with Crippen molar-refractivity contribution in [3.05, 3.63) is 113 Å². The van der Waals surface area contributed by atoms with Crippen LogP contribution in [-0.4, -0.2) is 40.7 Å². The molecule has 2 aliphatic heterocycles. The topological polar surface area (TPSA) is 98.8 Å². The van der Waals surface area contributed by atoms with Gasteiger partial charge in [0.25, 0.3) is 0 Å². The molecule has 1 N–H and O–H groups in total. The molecule has 10 heteroatoms. The van der Waals surface area contributed by atoms with E-state index in [0.717, 1.165) is 39.2 Å². The maximum atomic E-state index is 14.0. The second-order valence-corrected chi connectivity index (χ2v) is 11.9. The summed E-state index contributed by atoms with van der Waals surface area (Å²) in [5, 5.41) is 7.81. The lowest BCUT2D eigenvalue weighted by atomic mass is 9.99. The van der Waals surface area contributed by atoms with E-state index in [9.17, 15) is 9.59 Å². The minimum Gasteiger partial charge on any atom is -0.467 e. The molecule has 3 aromatic carbocycles. The predicted molar refractivity (Wildman–Crippen MR) is 168 cm³/mol. The monoisotopic (exact) mass is 606 g/mol. The largest absolute Gasteiger partial charge is 0.467 e. The third kappa shape index (κ3) is 5.22. The van der Waals surface area contributed by atoms with Gasteiger partial charge >= 0.3 is 0 Å². The van der Waals surface area contributed by atoms with Crippen molar-refractivity contribution in [1.82, 2.24) is 15.1 Å². The molecule has 9 nitrogen and oxygen atoms in total. The number of carbonyl (C=O) groups excluding carboxylic acids is 2. The number of aryl methyl sites for hydroxylation is 2. The van der Waals surface area contributed by atoms with Gasteiger partial charge in [0.1, 0.15) is 18.1 Å². The van der Waals surface area contributed by atoms with Crippen LogP contribution in [0, 0.1) is 13.8 Å². The third-order valence-electron chi connectivity index (χ3n) is 7.76. The summed E-state index contributed by atoms with van der Waals surface area (Å²) in [4.78, 5) is 28.9. The maximum absolute atomic E-state index is 14.0. The number of thioether (sulfide) groups is 1. The zero-order chi connectivity index (χ0) is 30.2. The molecule has 0 saturated heterocycles. The number of carbonyl (C=O) groups is 2. The number of nitrogens with one attached hydrogen (secondary N) is 1. The second kappa shape index (κ2) is 11.6. The molecule has 0 radical (unpaired) electrons. The number of rotatable bonds is 7. The van der Waals surface area contributed by atoms with Gasteiger partial charge in [0.2, 0.25) is 18.6 Å². The van der Waals surface area contributed by atoms with Gasteiger partial charge in [-0.1, -0.05) is 54.1 Å². The molecule has 0 spiro atoms. The van der Waals surface area contributed by atoms with Gasteiger partial charge in [-0.2, -0.15) is 5.10 Å². The van der Waals surface area contributed by atoms with E-state index in [-0.39, 0.29) is 42.7 Å². The maximum Gasteiger partial charge on any atom is 0.240 e. The van der Waals surface area contributed by atoms with E-state index in [1.807, 2.05) is 79.2 Å². The van der Waals surface area contributed by atoms with Gasteiger partial charge in [0.15, 0.2) is 11.5 Å². The van der Waals surface area contributed by atoms with Crippen LogP contribution in [0.4, 0.5) is 5.82 Å². The highest BCUT2D eigenvalue weighted by Crippen LogP contribution is 2.50. The Kier molecular flexibility index (Phi) is 7.35. The number of nitrogens with zero attached hydrogens (tertiary/aromatic N) is 3. The number of aromatic nitrogens is 2. The molecule has 0 unspecified atom stereocenters. The van der Waals surface area contributed by atoms with Crippen LogP contribution in [0.2, 0.25) is 0 Å². The number of amides is 2. The van der Waals surface area contributed by atoms with Gasteiger partial charge < -0.3 is 19.2 Å². The molecule has 0 bridgehead atoms. The molecule has 2 amide bonds. The van der Waals surface area contributed by atoms with Crippen LogP contribution in [0.15, 0.2) is 89.5 Å². The van der Waals surface area contributed by atoms with Crippen LogP contribution >= 0.6 is 11.8 Å². The fourth-order valence-electron chi connectivity index (χ4n) is 5.68. The molecule has 222 valence electrons. The molecule has 2 aliphatic rings. The van der Waals surface area contributed by atoms with Crippen molar-refractivity contribution < 1.29 is 23.5 Å². The average Bonchev–Trinajstić information content (AvgIpc) is 3.78. The lowest BCUT2D eigenvalue weighted by Crippen LogP contribution is -2.42. The number of anilines is 1. The second-order valence-electron chi connectivity index (χ2n) is 10.8. The molecule has 7 rings (SSSR count). The van der Waals surface area contributed by atoms with E-state index in [1.165, 1.54) is 11.8 Å². The molecule has 0 aliphatic carbocycles. The normalized spacial score (nSPS) is 15.6. The fourth-order valence-corrected chi connectivity index (χ4v) is 6.87. The quantitative estimate of drug-likeness (QED) is 0.244. The predicted octanol–water partition coefficient (Wildman–Crippen LogP) is 5.96. The average molecular weight is 607 g/mol. The summed E-state index contributed by atoms with van der Waals surface area (Å²) in [6, 6.07) is 25.5. The summed E-state index contributed by atoms with van der Waals surface area (Å²) in [7, 11) is 0. The van der Waals surface area contributed by atoms with Crippen molar-refractivity contribution in [1.29, 1.82) is 0 Å². The number of benzene rings is 3. The summed E-state index contributed by atoms with van der Waals surface area (Å²) in [6.07, 6.45) is 1.56. The van der Waals surface area contributed by atoms with E-state index in [4.69, 9.17) is 19.0 Å². The van der Waals surface area contributed by atoms with Crippen LogP contribution in [0.1, 0.15) is 33.3 Å². The molecule has 2 aromatic heterocycles. The molecule has 0 saturated carbocycles. The SMILES string of the molecule is Cc1ccc(-n2nc(-c3ccccc3)c3c2N(CC(=O)NCc2ccco2)C(=O)CS[C@H]3c2ccc3c(c2)OCO3)c(C)c1. The van der Waals surface area contributed by atoms with Crippen LogP contribution in [-0.2, 0) is 16.1 Å². The Balaban J connectivity index is 1.42. The highest BCUT2D eigenvalue weighted by atomic mass is 32.2. The van der Waals surface area contributed by atoms with E-state index in [0.29, 0.717) is 23.1 Å². The number of furan rings is 1. The van der Waals surface area contributed by atoms with Crippen molar-refractivity contribution in [2.24, 2.45) is 0 Å². The van der Waals surface area contributed by atoms with Gasteiger partial charge in [-0.05, 0) is 55.3 Å². The zero-order valence-corrected chi connectivity index (χ0v) is 25.1. The first kappa shape index (κ1) is 27.8. The number of hydrogen-bond donors (Lipinski definition) is 1. The third-order valence-corrected chi connectivity index (χ3v) is 9.01. The van der Waals surface area contributed by atoms with E-state index >= 15 is 0 Å². The summed E-state index contributed by atoms with van der Waals surface area (Å²) in [6.45, 7) is 4.29. The molecular weight excluding hydrogens is 576 g/mol. The Bertz CT molecular complexity index is 1850. The van der Waals surface area contributed by atoms with Crippen molar-refractivity contribution in [3.8, 4) is 28.4 Å². The van der Waals surface area contributed by atoms with Gasteiger partial charge in [0, 0.05) is 11.1 Å². The van der Waals surface area contributed by atoms with Crippen LogP contribution in [0.3, 0.4) is 0 Å². The summed E-state index contributed by atoms with van der Waals surface area (Å²) >= 11 is 1.51. The van der Waals surface area contributed by atoms with Crippen LogP contribution < -0.4 is 19.7 Å². The lowest BCUT2D eigenvalue weighted by molar-refractivity contribution is -0.123. The standard InChI is InChI=1S/C34H30N4O5S/c1-21-10-12-26(22(2)15-21)38-34-31(32(36-38)23-7-4-3-5-8-23)33(24-11-13-27-28(16-24)43-20-42-27)44-19-30(40)37(34)18-29(39)35-17-25-9-6-14-41-25/h3-16,33H,17-20H2,1-2H3,(H,35,39)/t33-/m0/s1. The van der Waals surface area contributed by atoms with Gasteiger partial charge in [-0.25, -0.2) is 4.68 Å². The Hall–Kier alpha value is -4.96. The van der Waals surface area contributed by atoms with Gasteiger partial charge in [0.05, 0.1) is 35.2 Å². The Morgan fingerprint density at radius 3 is 2.64 bits per heavy atom. The highest BCUT2D eigenvalue weighted by Gasteiger charge is 2.38. The Morgan fingerprint density at radius 1 is 1.00 bits per heavy atom. The Labute approximate surface area is 258 Å². The van der Waals surface area contributed by atoms with Crippen LogP contribution in [0.25, 0.3) is 16.9 Å². The first-order valence-electron chi connectivity index (χ1n) is 14.3. The van der Waals surface area contributed by atoms with E-state index < -0.39 is 0 Å². The first-order valence-corrected chi connectivity index (χ1v) is 15.4. The van der Waals surface area contributed by atoms with Gasteiger partial charge in [-0.3, -0.25) is 14.5 Å². The summed E-state index contributed by atoms with van der Waals surface area (Å²) < 4.78 is 18.5. The Morgan fingerprint density at radius 2 is 1.84 bits per heavy atom.